The van der Waals surface area contributed by atoms with E-state index < -0.39 is 0 Å². The zero-order valence-electron chi connectivity index (χ0n) is 15.0. The molecule has 0 radical (unpaired) electrons. The van der Waals surface area contributed by atoms with Crippen molar-refractivity contribution < 1.29 is 9.53 Å². The highest BCUT2D eigenvalue weighted by Crippen LogP contribution is 2.36. The molecule has 0 spiro atoms. The first-order valence-electron chi connectivity index (χ1n) is 8.27. The SMILES string of the molecule is C/C=C\C(=C/CC)c1ccc(C(=O)Nc2cc(Cl)cc(Cl)c2OC)cc1. The van der Waals surface area contributed by atoms with Crippen LogP contribution in [-0.4, -0.2) is 13.0 Å². The van der Waals surface area contributed by atoms with Crippen LogP contribution >= 0.6 is 23.2 Å². The number of amides is 1. The van der Waals surface area contributed by atoms with Crippen molar-refractivity contribution in [1.82, 2.24) is 0 Å². The summed E-state index contributed by atoms with van der Waals surface area (Å²) in [5.41, 5.74) is 3.15. The number of rotatable bonds is 6. The topological polar surface area (TPSA) is 38.3 Å². The average molecular weight is 390 g/mol. The van der Waals surface area contributed by atoms with Gasteiger partial charge in [-0.2, -0.15) is 0 Å². The van der Waals surface area contributed by atoms with Crippen molar-refractivity contribution in [3.05, 3.63) is 75.8 Å². The van der Waals surface area contributed by atoms with E-state index in [-0.39, 0.29) is 5.91 Å². The fourth-order valence-corrected chi connectivity index (χ4v) is 3.12. The Morgan fingerprint density at radius 3 is 2.38 bits per heavy atom. The Labute approximate surface area is 164 Å². The first-order chi connectivity index (χ1) is 12.5. The van der Waals surface area contributed by atoms with E-state index in [0.717, 1.165) is 17.6 Å². The summed E-state index contributed by atoms with van der Waals surface area (Å²) in [6, 6.07) is 10.6. The van der Waals surface area contributed by atoms with Gasteiger partial charge in [0.25, 0.3) is 5.91 Å². The highest BCUT2D eigenvalue weighted by molar-refractivity contribution is 6.36. The highest BCUT2D eigenvalue weighted by atomic mass is 35.5. The second kappa shape index (κ2) is 9.46. The predicted octanol–water partition coefficient (Wildman–Crippen LogP) is 6.62. The summed E-state index contributed by atoms with van der Waals surface area (Å²) in [6.07, 6.45) is 7.14. The van der Waals surface area contributed by atoms with Crippen molar-refractivity contribution in [1.29, 1.82) is 0 Å². The number of ether oxygens (including phenoxy) is 1. The fraction of sp³-hybridized carbons (Fsp3) is 0.190. The van der Waals surface area contributed by atoms with E-state index in [1.54, 1.807) is 24.3 Å². The Morgan fingerprint density at radius 2 is 1.81 bits per heavy atom. The molecular weight excluding hydrogens is 369 g/mol. The molecule has 1 amide bonds. The van der Waals surface area contributed by atoms with E-state index >= 15 is 0 Å². The second-order valence-electron chi connectivity index (χ2n) is 5.57. The lowest BCUT2D eigenvalue weighted by Crippen LogP contribution is -2.12. The van der Waals surface area contributed by atoms with Crippen LogP contribution in [0.3, 0.4) is 0 Å². The summed E-state index contributed by atoms with van der Waals surface area (Å²) in [4.78, 5) is 12.6. The van der Waals surface area contributed by atoms with Crippen LogP contribution in [0.4, 0.5) is 5.69 Å². The summed E-state index contributed by atoms with van der Waals surface area (Å²) < 4.78 is 5.25. The van der Waals surface area contributed by atoms with Crippen LogP contribution in [-0.2, 0) is 0 Å². The fourth-order valence-electron chi connectivity index (χ4n) is 2.55. The lowest BCUT2D eigenvalue weighted by atomic mass is 10.0. The van der Waals surface area contributed by atoms with Gasteiger partial charge in [0.1, 0.15) is 0 Å². The van der Waals surface area contributed by atoms with Gasteiger partial charge in [0.05, 0.1) is 17.8 Å². The predicted molar refractivity (Wildman–Crippen MR) is 110 cm³/mol. The minimum atomic E-state index is -0.264. The van der Waals surface area contributed by atoms with Crippen molar-refractivity contribution in [2.45, 2.75) is 20.3 Å². The third kappa shape index (κ3) is 4.90. The smallest absolute Gasteiger partial charge is 0.255 e. The molecule has 3 nitrogen and oxygen atoms in total. The Balaban J connectivity index is 2.25. The number of carbonyl (C=O) groups is 1. The molecule has 2 aromatic carbocycles. The number of methoxy groups -OCH3 is 1. The van der Waals surface area contributed by atoms with Crippen LogP contribution in [0.2, 0.25) is 10.0 Å². The molecule has 0 saturated heterocycles. The van der Waals surface area contributed by atoms with Crippen molar-refractivity contribution in [3.63, 3.8) is 0 Å². The van der Waals surface area contributed by atoms with Crippen LogP contribution < -0.4 is 10.1 Å². The molecule has 0 aliphatic carbocycles. The van der Waals surface area contributed by atoms with Crippen molar-refractivity contribution in [2.75, 3.05) is 12.4 Å². The Morgan fingerprint density at radius 1 is 1.15 bits per heavy atom. The van der Waals surface area contributed by atoms with Gasteiger partial charge in [-0.1, -0.05) is 60.5 Å². The molecule has 0 aromatic heterocycles. The molecule has 0 unspecified atom stereocenters. The summed E-state index contributed by atoms with van der Waals surface area (Å²) in [6.45, 7) is 4.07. The minimum absolute atomic E-state index is 0.264. The van der Waals surface area contributed by atoms with E-state index in [0.29, 0.717) is 27.0 Å². The van der Waals surface area contributed by atoms with E-state index in [9.17, 15) is 4.79 Å². The van der Waals surface area contributed by atoms with Gasteiger partial charge < -0.3 is 10.1 Å². The largest absolute Gasteiger partial charge is 0.493 e. The van der Waals surface area contributed by atoms with Gasteiger partial charge in [-0.05, 0) is 48.7 Å². The maximum atomic E-state index is 12.6. The van der Waals surface area contributed by atoms with Gasteiger partial charge in [-0.15, -0.1) is 0 Å². The molecule has 26 heavy (non-hydrogen) atoms. The van der Waals surface area contributed by atoms with Crippen LogP contribution in [0, 0.1) is 0 Å². The molecule has 0 bridgehead atoms. The molecule has 136 valence electrons. The van der Waals surface area contributed by atoms with Gasteiger partial charge in [-0.25, -0.2) is 0 Å². The van der Waals surface area contributed by atoms with Gasteiger partial charge in [-0.3, -0.25) is 4.79 Å². The monoisotopic (exact) mass is 389 g/mol. The summed E-state index contributed by atoms with van der Waals surface area (Å²) >= 11 is 12.1. The van der Waals surface area contributed by atoms with Gasteiger partial charge in [0.2, 0.25) is 0 Å². The van der Waals surface area contributed by atoms with Crippen LogP contribution in [0.15, 0.2) is 54.6 Å². The number of hydrogen-bond acceptors (Lipinski definition) is 2. The lowest BCUT2D eigenvalue weighted by Gasteiger charge is -2.12. The Kier molecular flexibility index (Phi) is 7.31. The standard InChI is InChI=1S/C21H21Cl2NO2/c1-4-6-14(7-5-2)15-8-10-16(11-9-15)21(25)24-19-13-17(22)12-18(23)20(19)26-3/h4,6-13H,5H2,1-3H3,(H,24,25)/b6-4-,14-7+. The Hall–Kier alpha value is -2.23. The van der Waals surface area contributed by atoms with Gasteiger partial charge in [0, 0.05) is 10.6 Å². The van der Waals surface area contributed by atoms with Crippen LogP contribution in [0.25, 0.3) is 5.57 Å². The van der Waals surface area contributed by atoms with Gasteiger partial charge in [0.15, 0.2) is 5.75 Å². The molecule has 0 aliphatic rings. The molecule has 0 atom stereocenters. The molecule has 0 saturated carbocycles. The molecule has 2 rings (SSSR count). The quantitative estimate of drug-likeness (QED) is 0.563. The first-order valence-corrected chi connectivity index (χ1v) is 9.03. The average Bonchev–Trinajstić information content (AvgIpc) is 2.61. The lowest BCUT2D eigenvalue weighted by molar-refractivity contribution is 0.102. The Bertz CT molecular complexity index is 840. The number of allylic oxidation sites excluding steroid dienone is 4. The van der Waals surface area contributed by atoms with Crippen molar-refractivity contribution >= 4 is 40.4 Å². The van der Waals surface area contributed by atoms with E-state index in [4.69, 9.17) is 27.9 Å². The summed E-state index contributed by atoms with van der Waals surface area (Å²) in [5, 5.41) is 3.55. The van der Waals surface area contributed by atoms with E-state index in [1.807, 2.05) is 25.1 Å². The minimum Gasteiger partial charge on any atom is -0.493 e. The van der Waals surface area contributed by atoms with Crippen molar-refractivity contribution in [2.24, 2.45) is 0 Å². The zero-order chi connectivity index (χ0) is 19.1. The molecular formula is C21H21Cl2NO2. The molecule has 0 fully saturated rings. The normalized spacial score (nSPS) is 11.7. The number of hydrogen-bond donors (Lipinski definition) is 1. The summed E-state index contributed by atoms with van der Waals surface area (Å²) in [7, 11) is 1.49. The number of nitrogens with one attached hydrogen (secondary N) is 1. The molecule has 0 aliphatic heterocycles. The maximum Gasteiger partial charge on any atom is 0.255 e. The molecule has 1 N–H and O–H groups in total. The number of anilines is 1. The maximum absolute atomic E-state index is 12.6. The highest BCUT2D eigenvalue weighted by Gasteiger charge is 2.14. The second-order valence-corrected chi connectivity index (χ2v) is 6.41. The third-order valence-electron chi connectivity index (χ3n) is 3.71. The summed E-state index contributed by atoms with van der Waals surface area (Å²) in [5.74, 6) is 0.113. The molecule has 5 heteroatoms. The molecule has 2 aromatic rings. The van der Waals surface area contributed by atoms with Gasteiger partial charge >= 0.3 is 0 Å². The number of carbonyl (C=O) groups excluding carboxylic acids is 1. The molecule has 0 heterocycles. The van der Waals surface area contributed by atoms with E-state index in [2.05, 4.69) is 24.4 Å². The van der Waals surface area contributed by atoms with Crippen molar-refractivity contribution in [3.8, 4) is 5.75 Å². The first kappa shape index (κ1) is 20.1. The van der Waals surface area contributed by atoms with E-state index in [1.165, 1.54) is 7.11 Å². The number of halogens is 2. The zero-order valence-corrected chi connectivity index (χ0v) is 16.5. The third-order valence-corrected chi connectivity index (χ3v) is 4.21. The van der Waals surface area contributed by atoms with Crippen LogP contribution in [0.1, 0.15) is 36.2 Å². The van der Waals surface area contributed by atoms with Crippen LogP contribution in [0.5, 0.6) is 5.75 Å². The number of benzene rings is 2.